The fourth-order valence-corrected chi connectivity index (χ4v) is 1.83. The van der Waals surface area contributed by atoms with Gasteiger partial charge in [-0.1, -0.05) is 18.5 Å². The molecule has 0 radical (unpaired) electrons. The summed E-state index contributed by atoms with van der Waals surface area (Å²) < 4.78 is 18.6. The molecular formula is C11H12ClFN2O. The minimum absolute atomic E-state index is 0.0477. The number of nitrogens with zero attached hydrogens (tertiary/aromatic N) is 1. The SMILES string of the molecule is CCC(CN)c1nc2cc(F)cc(Cl)c2o1. The minimum Gasteiger partial charge on any atom is -0.439 e. The molecule has 86 valence electrons. The molecule has 2 rings (SSSR count). The van der Waals surface area contributed by atoms with Crippen LogP contribution in [0.3, 0.4) is 0 Å². The van der Waals surface area contributed by atoms with Gasteiger partial charge in [0.15, 0.2) is 11.5 Å². The van der Waals surface area contributed by atoms with E-state index in [1.165, 1.54) is 12.1 Å². The summed E-state index contributed by atoms with van der Waals surface area (Å²) in [5.41, 5.74) is 6.46. The van der Waals surface area contributed by atoms with Gasteiger partial charge in [-0.2, -0.15) is 0 Å². The fourth-order valence-electron chi connectivity index (χ4n) is 1.59. The summed E-state index contributed by atoms with van der Waals surface area (Å²) in [5.74, 6) is 0.150. The molecule has 0 fully saturated rings. The van der Waals surface area contributed by atoms with E-state index in [1.54, 1.807) is 0 Å². The third kappa shape index (κ3) is 1.90. The fraction of sp³-hybridized carbons (Fsp3) is 0.364. The first kappa shape index (κ1) is 11.4. The number of hydrogen-bond donors (Lipinski definition) is 1. The first-order chi connectivity index (χ1) is 7.65. The lowest BCUT2D eigenvalue weighted by molar-refractivity contribution is 0.465. The second kappa shape index (κ2) is 4.39. The molecule has 1 aromatic heterocycles. The number of oxazole rings is 1. The molecule has 0 spiro atoms. The Morgan fingerprint density at radius 2 is 2.31 bits per heavy atom. The molecule has 3 nitrogen and oxygen atoms in total. The molecule has 5 heteroatoms. The van der Waals surface area contributed by atoms with Crippen LogP contribution in [0.25, 0.3) is 11.1 Å². The van der Waals surface area contributed by atoms with Crippen molar-refractivity contribution in [2.45, 2.75) is 19.3 Å². The number of fused-ring (bicyclic) bond motifs is 1. The molecule has 0 amide bonds. The van der Waals surface area contributed by atoms with Crippen molar-refractivity contribution in [1.82, 2.24) is 4.98 Å². The van der Waals surface area contributed by atoms with Crippen LogP contribution in [0.5, 0.6) is 0 Å². The number of benzene rings is 1. The van der Waals surface area contributed by atoms with Gasteiger partial charge in [-0.3, -0.25) is 0 Å². The van der Waals surface area contributed by atoms with Crippen LogP contribution in [-0.4, -0.2) is 11.5 Å². The van der Waals surface area contributed by atoms with Crippen LogP contribution in [-0.2, 0) is 0 Å². The highest BCUT2D eigenvalue weighted by Gasteiger charge is 2.17. The van der Waals surface area contributed by atoms with E-state index in [0.29, 0.717) is 23.5 Å². The van der Waals surface area contributed by atoms with E-state index in [0.717, 1.165) is 6.42 Å². The van der Waals surface area contributed by atoms with Crippen molar-refractivity contribution in [2.24, 2.45) is 5.73 Å². The molecule has 0 bridgehead atoms. The largest absolute Gasteiger partial charge is 0.439 e. The highest BCUT2D eigenvalue weighted by molar-refractivity contribution is 6.34. The van der Waals surface area contributed by atoms with Gasteiger partial charge in [0.1, 0.15) is 11.3 Å². The minimum atomic E-state index is -0.418. The monoisotopic (exact) mass is 242 g/mol. The summed E-state index contributed by atoms with van der Waals surface area (Å²) in [6.45, 7) is 2.44. The van der Waals surface area contributed by atoms with Crippen LogP contribution in [0.15, 0.2) is 16.5 Å². The van der Waals surface area contributed by atoms with Crippen LogP contribution < -0.4 is 5.73 Å². The Hall–Kier alpha value is -1.13. The number of aromatic nitrogens is 1. The van der Waals surface area contributed by atoms with Crippen LogP contribution >= 0.6 is 11.6 Å². The lowest BCUT2D eigenvalue weighted by Gasteiger charge is -2.05. The molecule has 1 atom stereocenters. The van der Waals surface area contributed by atoms with Crippen molar-refractivity contribution in [1.29, 1.82) is 0 Å². The summed E-state index contributed by atoms with van der Waals surface area (Å²) in [6.07, 6.45) is 0.823. The Kier molecular flexibility index (Phi) is 3.12. The van der Waals surface area contributed by atoms with Gasteiger partial charge in [0.2, 0.25) is 0 Å². The van der Waals surface area contributed by atoms with Gasteiger partial charge in [-0.25, -0.2) is 9.37 Å². The standard InChI is InChI=1S/C11H12ClFN2O/c1-2-6(5-14)11-15-9-4-7(13)3-8(12)10(9)16-11/h3-4,6H,2,5,14H2,1H3. The Morgan fingerprint density at radius 3 is 2.94 bits per heavy atom. The zero-order chi connectivity index (χ0) is 11.7. The van der Waals surface area contributed by atoms with Gasteiger partial charge in [0, 0.05) is 18.5 Å². The van der Waals surface area contributed by atoms with Crippen molar-refractivity contribution >= 4 is 22.7 Å². The molecule has 1 aromatic carbocycles. The molecule has 2 N–H and O–H groups in total. The van der Waals surface area contributed by atoms with Crippen molar-refractivity contribution in [3.05, 3.63) is 28.9 Å². The zero-order valence-electron chi connectivity index (χ0n) is 8.84. The molecule has 0 aliphatic heterocycles. The molecule has 16 heavy (non-hydrogen) atoms. The average Bonchev–Trinajstić information content (AvgIpc) is 2.63. The zero-order valence-corrected chi connectivity index (χ0v) is 9.59. The quantitative estimate of drug-likeness (QED) is 0.900. The number of rotatable bonds is 3. The van der Waals surface area contributed by atoms with Crippen molar-refractivity contribution in [3.8, 4) is 0 Å². The lowest BCUT2D eigenvalue weighted by Crippen LogP contribution is -2.11. The molecule has 1 unspecified atom stereocenters. The van der Waals surface area contributed by atoms with Gasteiger partial charge < -0.3 is 10.2 Å². The van der Waals surface area contributed by atoms with E-state index in [1.807, 2.05) is 6.92 Å². The number of nitrogens with two attached hydrogens (primary N) is 1. The van der Waals surface area contributed by atoms with Crippen molar-refractivity contribution in [2.75, 3.05) is 6.54 Å². The van der Waals surface area contributed by atoms with E-state index in [9.17, 15) is 4.39 Å². The number of hydrogen-bond acceptors (Lipinski definition) is 3. The Labute approximate surface area is 97.4 Å². The maximum Gasteiger partial charge on any atom is 0.199 e. The van der Waals surface area contributed by atoms with E-state index in [4.69, 9.17) is 21.8 Å². The normalized spacial score (nSPS) is 13.2. The summed E-state index contributed by atoms with van der Waals surface area (Å²) >= 11 is 5.86. The molecule has 0 saturated carbocycles. The summed E-state index contributed by atoms with van der Waals surface area (Å²) in [4.78, 5) is 4.21. The molecule has 1 heterocycles. The van der Waals surface area contributed by atoms with Crippen molar-refractivity contribution in [3.63, 3.8) is 0 Å². The van der Waals surface area contributed by atoms with Crippen LogP contribution in [0.4, 0.5) is 4.39 Å². The second-order valence-electron chi connectivity index (χ2n) is 3.63. The first-order valence-electron chi connectivity index (χ1n) is 5.11. The maximum absolute atomic E-state index is 13.1. The van der Waals surface area contributed by atoms with Crippen LogP contribution in [0.1, 0.15) is 25.2 Å². The third-order valence-corrected chi connectivity index (χ3v) is 2.83. The lowest BCUT2D eigenvalue weighted by atomic mass is 10.1. The maximum atomic E-state index is 13.1. The van der Waals surface area contributed by atoms with Crippen LogP contribution in [0, 0.1) is 5.82 Å². The highest BCUT2D eigenvalue weighted by Crippen LogP contribution is 2.29. The first-order valence-corrected chi connectivity index (χ1v) is 5.49. The number of halogens is 2. The van der Waals surface area contributed by atoms with Gasteiger partial charge in [-0.15, -0.1) is 0 Å². The summed E-state index contributed by atoms with van der Waals surface area (Å²) in [7, 11) is 0. The molecular weight excluding hydrogens is 231 g/mol. The average molecular weight is 243 g/mol. The Balaban J connectivity index is 2.55. The molecule has 0 aliphatic carbocycles. The van der Waals surface area contributed by atoms with Gasteiger partial charge in [0.25, 0.3) is 0 Å². The molecule has 0 aliphatic rings. The highest BCUT2D eigenvalue weighted by atomic mass is 35.5. The molecule has 0 saturated heterocycles. The van der Waals surface area contributed by atoms with Gasteiger partial charge in [0.05, 0.1) is 5.02 Å². The van der Waals surface area contributed by atoms with Crippen LogP contribution in [0.2, 0.25) is 5.02 Å². The van der Waals surface area contributed by atoms with Gasteiger partial charge >= 0.3 is 0 Å². The van der Waals surface area contributed by atoms with E-state index in [-0.39, 0.29) is 10.9 Å². The Bertz CT molecular complexity index is 508. The summed E-state index contributed by atoms with van der Waals surface area (Å²) in [6, 6.07) is 2.51. The van der Waals surface area contributed by atoms with Gasteiger partial charge in [-0.05, 0) is 12.5 Å². The third-order valence-electron chi connectivity index (χ3n) is 2.55. The van der Waals surface area contributed by atoms with Crippen molar-refractivity contribution < 1.29 is 8.81 Å². The van der Waals surface area contributed by atoms with E-state index >= 15 is 0 Å². The molecule has 2 aromatic rings. The predicted octanol–water partition coefficient (Wildman–Crippen LogP) is 3.07. The smallest absolute Gasteiger partial charge is 0.199 e. The summed E-state index contributed by atoms with van der Waals surface area (Å²) in [5, 5.41) is 0.237. The Morgan fingerprint density at radius 1 is 1.56 bits per heavy atom. The topological polar surface area (TPSA) is 52.0 Å². The predicted molar refractivity (Wildman–Crippen MR) is 61.1 cm³/mol. The van der Waals surface area contributed by atoms with E-state index < -0.39 is 5.82 Å². The second-order valence-corrected chi connectivity index (χ2v) is 4.04. The van der Waals surface area contributed by atoms with E-state index in [2.05, 4.69) is 4.98 Å².